The Morgan fingerprint density at radius 3 is 2.74 bits per heavy atom. The fraction of sp³-hybridized carbons (Fsp3) is 0.692. The largest absolute Gasteiger partial charge is 0.409 e. The minimum absolute atomic E-state index is 0.132. The van der Waals surface area contributed by atoms with Gasteiger partial charge in [0.2, 0.25) is 0 Å². The summed E-state index contributed by atoms with van der Waals surface area (Å²) in [5, 5.41) is 16.5. The molecule has 1 aromatic heterocycles. The van der Waals surface area contributed by atoms with Crippen LogP contribution in [0.1, 0.15) is 37.4 Å². The molecule has 2 rings (SSSR count). The maximum absolute atomic E-state index is 8.95. The first kappa shape index (κ1) is 13.7. The molecule has 6 nitrogen and oxygen atoms in total. The molecule has 0 atom stereocenters. The van der Waals surface area contributed by atoms with Crippen molar-refractivity contribution in [3.63, 3.8) is 0 Å². The molecule has 0 saturated heterocycles. The minimum atomic E-state index is 0.132. The number of nitrogens with zero attached hydrogens (tertiary/aromatic N) is 4. The van der Waals surface area contributed by atoms with Crippen LogP contribution in [0.3, 0.4) is 0 Å². The Balaban J connectivity index is 2.34. The maximum atomic E-state index is 8.95. The van der Waals surface area contributed by atoms with E-state index in [4.69, 9.17) is 10.9 Å². The highest BCUT2D eigenvalue weighted by Gasteiger charge is 2.26. The number of oxime groups is 1. The van der Waals surface area contributed by atoms with Gasteiger partial charge in [0.05, 0.1) is 11.3 Å². The Kier molecular flexibility index (Phi) is 3.97. The summed E-state index contributed by atoms with van der Waals surface area (Å²) in [5.41, 5.74) is 7.33. The minimum Gasteiger partial charge on any atom is -0.409 e. The van der Waals surface area contributed by atoms with Gasteiger partial charge in [0.1, 0.15) is 5.82 Å². The monoisotopic (exact) mass is 265 g/mol. The summed E-state index contributed by atoms with van der Waals surface area (Å²) in [4.78, 5) is 2.28. The molecule has 19 heavy (non-hydrogen) atoms. The molecule has 1 heterocycles. The summed E-state index contributed by atoms with van der Waals surface area (Å²) in [5.74, 6) is 1.84. The van der Waals surface area contributed by atoms with Crippen LogP contribution >= 0.6 is 0 Å². The molecule has 0 aliphatic heterocycles. The van der Waals surface area contributed by atoms with E-state index in [2.05, 4.69) is 22.1 Å². The van der Waals surface area contributed by atoms with Crippen molar-refractivity contribution in [2.24, 2.45) is 23.9 Å². The van der Waals surface area contributed by atoms with E-state index in [1.54, 1.807) is 0 Å². The van der Waals surface area contributed by atoms with Crippen molar-refractivity contribution < 1.29 is 5.21 Å². The Morgan fingerprint density at radius 1 is 1.58 bits per heavy atom. The molecule has 0 unspecified atom stereocenters. The Morgan fingerprint density at radius 2 is 2.26 bits per heavy atom. The predicted molar refractivity (Wildman–Crippen MR) is 75.7 cm³/mol. The molecule has 1 saturated carbocycles. The predicted octanol–water partition coefficient (Wildman–Crippen LogP) is 1.45. The van der Waals surface area contributed by atoms with E-state index in [-0.39, 0.29) is 5.84 Å². The van der Waals surface area contributed by atoms with Crippen molar-refractivity contribution >= 4 is 11.7 Å². The number of rotatable bonds is 5. The number of aromatic nitrogens is 2. The Bertz CT molecular complexity index is 476. The van der Waals surface area contributed by atoms with Gasteiger partial charge in [-0.3, -0.25) is 4.68 Å². The van der Waals surface area contributed by atoms with Crippen LogP contribution in [0.15, 0.2) is 5.16 Å². The molecular weight excluding hydrogens is 242 g/mol. The number of anilines is 1. The van der Waals surface area contributed by atoms with Crippen LogP contribution < -0.4 is 10.6 Å². The second-order valence-corrected chi connectivity index (χ2v) is 5.23. The van der Waals surface area contributed by atoms with Gasteiger partial charge in [-0.25, -0.2) is 0 Å². The number of nitrogens with two attached hydrogens (primary N) is 1. The second kappa shape index (κ2) is 5.50. The standard InChI is InChI=1S/C13H23N5O/c1-4-18(8-10-6-5-7-10)13-11(12(14)16-19)9(2)15-17(13)3/h10,19H,4-8H2,1-3H3,(H2,14,16). The van der Waals surface area contributed by atoms with E-state index in [9.17, 15) is 0 Å². The number of hydrogen-bond acceptors (Lipinski definition) is 4. The smallest absolute Gasteiger partial charge is 0.175 e. The fourth-order valence-corrected chi connectivity index (χ4v) is 2.71. The van der Waals surface area contributed by atoms with Crippen LogP contribution in [-0.4, -0.2) is 33.9 Å². The number of hydrogen-bond donors (Lipinski definition) is 2. The third kappa shape index (κ3) is 2.52. The molecule has 6 heteroatoms. The highest BCUT2D eigenvalue weighted by molar-refractivity contribution is 6.02. The van der Waals surface area contributed by atoms with Gasteiger partial charge < -0.3 is 15.8 Å². The van der Waals surface area contributed by atoms with E-state index >= 15 is 0 Å². The van der Waals surface area contributed by atoms with E-state index < -0.39 is 0 Å². The van der Waals surface area contributed by atoms with E-state index in [0.29, 0.717) is 0 Å². The lowest BCUT2D eigenvalue weighted by molar-refractivity contribution is 0.316. The normalized spacial score (nSPS) is 16.5. The van der Waals surface area contributed by atoms with Crippen molar-refractivity contribution in [1.29, 1.82) is 0 Å². The topological polar surface area (TPSA) is 79.7 Å². The lowest BCUT2D eigenvalue weighted by Crippen LogP contribution is -2.35. The average Bonchev–Trinajstić information content (AvgIpc) is 2.63. The molecule has 1 aromatic rings. The Hall–Kier alpha value is -1.72. The van der Waals surface area contributed by atoms with Gasteiger partial charge >= 0.3 is 0 Å². The van der Waals surface area contributed by atoms with Crippen molar-refractivity contribution in [2.75, 3.05) is 18.0 Å². The van der Waals surface area contributed by atoms with Crippen LogP contribution in [0, 0.1) is 12.8 Å². The van der Waals surface area contributed by atoms with Crippen molar-refractivity contribution in [2.45, 2.75) is 33.1 Å². The summed E-state index contributed by atoms with van der Waals surface area (Å²) in [6.45, 7) is 5.91. The van der Waals surface area contributed by atoms with Crippen LogP contribution in [-0.2, 0) is 7.05 Å². The zero-order valence-electron chi connectivity index (χ0n) is 11.9. The highest BCUT2D eigenvalue weighted by Crippen LogP contribution is 2.30. The van der Waals surface area contributed by atoms with E-state index in [1.807, 2.05) is 18.7 Å². The van der Waals surface area contributed by atoms with Crippen molar-refractivity contribution in [3.8, 4) is 0 Å². The molecule has 1 aliphatic carbocycles. The van der Waals surface area contributed by atoms with Gasteiger partial charge in [-0.05, 0) is 32.6 Å². The molecule has 1 fully saturated rings. The molecule has 0 amide bonds. The zero-order chi connectivity index (χ0) is 14.0. The van der Waals surface area contributed by atoms with Crippen LogP contribution in [0.4, 0.5) is 5.82 Å². The van der Waals surface area contributed by atoms with Gasteiger partial charge in [-0.1, -0.05) is 11.6 Å². The first-order valence-corrected chi connectivity index (χ1v) is 6.84. The van der Waals surface area contributed by atoms with Crippen molar-refractivity contribution in [1.82, 2.24) is 9.78 Å². The third-order valence-corrected chi connectivity index (χ3v) is 3.94. The fourth-order valence-electron chi connectivity index (χ4n) is 2.71. The highest BCUT2D eigenvalue weighted by atomic mass is 16.4. The molecule has 106 valence electrons. The molecule has 0 aromatic carbocycles. The second-order valence-electron chi connectivity index (χ2n) is 5.23. The van der Waals surface area contributed by atoms with Gasteiger partial charge in [-0.2, -0.15) is 5.10 Å². The summed E-state index contributed by atoms with van der Waals surface area (Å²) in [7, 11) is 1.90. The van der Waals surface area contributed by atoms with Crippen LogP contribution in [0.25, 0.3) is 0 Å². The van der Waals surface area contributed by atoms with Gasteiger partial charge in [0, 0.05) is 20.1 Å². The lowest BCUT2D eigenvalue weighted by atomic mass is 9.85. The van der Waals surface area contributed by atoms with Crippen LogP contribution in [0.2, 0.25) is 0 Å². The van der Waals surface area contributed by atoms with E-state index in [0.717, 1.165) is 36.1 Å². The van der Waals surface area contributed by atoms with Gasteiger partial charge in [0.25, 0.3) is 0 Å². The van der Waals surface area contributed by atoms with E-state index in [1.165, 1.54) is 19.3 Å². The first-order valence-electron chi connectivity index (χ1n) is 6.84. The molecular formula is C13H23N5O. The molecule has 3 N–H and O–H groups in total. The third-order valence-electron chi connectivity index (χ3n) is 3.94. The van der Waals surface area contributed by atoms with Crippen LogP contribution in [0.5, 0.6) is 0 Å². The molecule has 0 bridgehead atoms. The van der Waals surface area contributed by atoms with Gasteiger partial charge in [0.15, 0.2) is 5.84 Å². The Labute approximate surface area is 113 Å². The average molecular weight is 265 g/mol. The number of aryl methyl sites for hydroxylation is 2. The lowest BCUT2D eigenvalue weighted by Gasteiger charge is -2.33. The SMILES string of the molecule is CCN(CC1CCC1)c1c(C(N)=NO)c(C)nn1C. The maximum Gasteiger partial charge on any atom is 0.175 e. The molecule has 0 spiro atoms. The number of amidine groups is 1. The molecule has 1 aliphatic rings. The summed E-state index contributed by atoms with van der Waals surface area (Å²) in [6, 6.07) is 0. The quantitative estimate of drug-likeness (QED) is 0.365. The molecule has 0 radical (unpaired) electrons. The summed E-state index contributed by atoms with van der Waals surface area (Å²) < 4.78 is 1.82. The zero-order valence-corrected chi connectivity index (χ0v) is 11.9. The summed E-state index contributed by atoms with van der Waals surface area (Å²) in [6.07, 6.45) is 3.93. The summed E-state index contributed by atoms with van der Waals surface area (Å²) >= 11 is 0. The van der Waals surface area contributed by atoms with Crippen molar-refractivity contribution in [3.05, 3.63) is 11.3 Å². The first-order chi connectivity index (χ1) is 9.08. The van der Waals surface area contributed by atoms with Gasteiger partial charge in [-0.15, -0.1) is 0 Å².